The summed E-state index contributed by atoms with van der Waals surface area (Å²) in [4.78, 5) is 14.2. The Morgan fingerprint density at radius 2 is 2.16 bits per heavy atom. The van der Waals surface area contributed by atoms with Gasteiger partial charge in [0.05, 0.1) is 5.54 Å². The maximum Gasteiger partial charge on any atom is 0.237 e. The third-order valence-corrected chi connectivity index (χ3v) is 4.21. The lowest BCUT2D eigenvalue weighted by Crippen LogP contribution is -2.55. The van der Waals surface area contributed by atoms with Crippen LogP contribution in [0, 0.1) is 0 Å². The molecule has 3 N–H and O–H groups in total. The molecule has 4 nitrogen and oxygen atoms in total. The number of rotatable bonds is 8. The first-order valence-electron chi connectivity index (χ1n) is 7.67. The zero-order valence-electron chi connectivity index (χ0n) is 13.0. The van der Waals surface area contributed by atoms with Crippen molar-refractivity contribution in [3.63, 3.8) is 0 Å². The van der Waals surface area contributed by atoms with Gasteiger partial charge in [0.1, 0.15) is 0 Å². The second kappa shape index (κ2) is 7.25. The van der Waals surface area contributed by atoms with Crippen molar-refractivity contribution in [2.45, 2.75) is 77.4 Å². The van der Waals surface area contributed by atoms with E-state index in [0.717, 1.165) is 31.8 Å². The monoisotopic (exact) mass is 269 g/mol. The second-order valence-electron chi connectivity index (χ2n) is 6.48. The van der Waals surface area contributed by atoms with E-state index in [1.807, 2.05) is 20.8 Å². The molecule has 1 aliphatic heterocycles. The lowest BCUT2D eigenvalue weighted by atomic mass is 9.93. The van der Waals surface area contributed by atoms with Gasteiger partial charge in [-0.15, -0.1) is 0 Å². The minimum Gasteiger partial charge on any atom is -0.368 e. The fourth-order valence-electron chi connectivity index (χ4n) is 3.02. The fraction of sp³-hybridized carbons (Fsp3) is 0.933. The molecule has 0 aromatic carbocycles. The normalized spacial score (nSPS) is 23.7. The number of primary amides is 1. The van der Waals surface area contributed by atoms with Crippen LogP contribution >= 0.6 is 0 Å². The molecule has 1 saturated heterocycles. The maximum absolute atomic E-state index is 11.6. The lowest BCUT2D eigenvalue weighted by molar-refractivity contribution is -0.124. The Morgan fingerprint density at radius 3 is 2.63 bits per heavy atom. The summed E-state index contributed by atoms with van der Waals surface area (Å²) in [6.45, 7) is 10.7. The number of carbonyl (C=O) groups excluding carboxylic acids is 1. The first kappa shape index (κ1) is 16.4. The summed E-state index contributed by atoms with van der Waals surface area (Å²) in [5, 5.41) is 3.30. The van der Waals surface area contributed by atoms with Gasteiger partial charge in [0.2, 0.25) is 5.91 Å². The molecule has 0 saturated carbocycles. The average molecular weight is 269 g/mol. The van der Waals surface area contributed by atoms with Crippen molar-refractivity contribution in [3.05, 3.63) is 0 Å². The highest BCUT2D eigenvalue weighted by molar-refractivity contribution is 5.84. The van der Waals surface area contributed by atoms with Gasteiger partial charge in [-0.3, -0.25) is 4.79 Å². The number of nitrogens with two attached hydrogens (primary N) is 1. The van der Waals surface area contributed by atoms with Crippen molar-refractivity contribution >= 4 is 5.91 Å². The summed E-state index contributed by atoms with van der Waals surface area (Å²) >= 11 is 0. The molecule has 1 heterocycles. The first-order valence-corrected chi connectivity index (χ1v) is 7.67. The van der Waals surface area contributed by atoms with Crippen LogP contribution in [0.25, 0.3) is 0 Å². The Balaban J connectivity index is 2.30. The SMILES string of the molecule is CC(C)NC(C)(CCCCN1CCCC1C)C(N)=O. The van der Waals surface area contributed by atoms with E-state index in [9.17, 15) is 4.79 Å². The van der Waals surface area contributed by atoms with Crippen LogP contribution in [0.5, 0.6) is 0 Å². The molecular weight excluding hydrogens is 238 g/mol. The molecule has 4 heteroatoms. The molecule has 0 aliphatic carbocycles. The number of unbranched alkanes of at least 4 members (excludes halogenated alkanes) is 1. The van der Waals surface area contributed by atoms with Crippen molar-refractivity contribution in [1.29, 1.82) is 0 Å². The fourth-order valence-corrected chi connectivity index (χ4v) is 3.02. The number of hydrogen-bond acceptors (Lipinski definition) is 3. The largest absolute Gasteiger partial charge is 0.368 e. The Kier molecular flexibility index (Phi) is 6.27. The van der Waals surface area contributed by atoms with Crippen LogP contribution in [0.2, 0.25) is 0 Å². The van der Waals surface area contributed by atoms with Gasteiger partial charge in [-0.05, 0) is 72.9 Å². The number of carbonyl (C=O) groups is 1. The highest BCUT2D eigenvalue weighted by Crippen LogP contribution is 2.19. The molecule has 2 atom stereocenters. The van der Waals surface area contributed by atoms with Crippen molar-refractivity contribution in [1.82, 2.24) is 10.2 Å². The number of hydrogen-bond donors (Lipinski definition) is 2. The highest BCUT2D eigenvalue weighted by Gasteiger charge is 2.30. The molecule has 19 heavy (non-hydrogen) atoms. The maximum atomic E-state index is 11.6. The molecule has 0 bridgehead atoms. The molecule has 1 amide bonds. The van der Waals surface area contributed by atoms with Crippen LogP contribution in [0.1, 0.15) is 59.8 Å². The van der Waals surface area contributed by atoms with Gasteiger partial charge in [0.15, 0.2) is 0 Å². The highest BCUT2D eigenvalue weighted by atomic mass is 16.1. The summed E-state index contributed by atoms with van der Waals surface area (Å²) < 4.78 is 0. The van der Waals surface area contributed by atoms with E-state index in [4.69, 9.17) is 5.73 Å². The minimum atomic E-state index is -0.565. The number of likely N-dealkylation sites (tertiary alicyclic amines) is 1. The summed E-state index contributed by atoms with van der Waals surface area (Å²) in [5.41, 5.74) is 4.97. The van der Waals surface area contributed by atoms with Gasteiger partial charge < -0.3 is 16.0 Å². The third-order valence-electron chi connectivity index (χ3n) is 4.21. The molecule has 1 aliphatic rings. The number of amides is 1. The Hall–Kier alpha value is -0.610. The molecule has 0 aromatic rings. The minimum absolute atomic E-state index is 0.240. The predicted molar refractivity (Wildman–Crippen MR) is 80.0 cm³/mol. The van der Waals surface area contributed by atoms with Gasteiger partial charge in [-0.1, -0.05) is 0 Å². The summed E-state index contributed by atoms with van der Waals surface area (Å²) in [6.07, 6.45) is 5.67. The molecule has 0 aromatic heterocycles. The van der Waals surface area contributed by atoms with E-state index in [2.05, 4.69) is 17.1 Å². The summed E-state index contributed by atoms with van der Waals surface area (Å²) in [6, 6.07) is 1.01. The van der Waals surface area contributed by atoms with Gasteiger partial charge in [0, 0.05) is 12.1 Å². The second-order valence-corrected chi connectivity index (χ2v) is 6.48. The molecule has 2 unspecified atom stereocenters. The van der Waals surface area contributed by atoms with Crippen molar-refractivity contribution in [2.75, 3.05) is 13.1 Å². The third kappa shape index (κ3) is 5.11. The molecule has 0 spiro atoms. The van der Waals surface area contributed by atoms with Gasteiger partial charge >= 0.3 is 0 Å². The Bertz CT molecular complexity index is 293. The first-order chi connectivity index (χ1) is 8.85. The van der Waals surface area contributed by atoms with Crippen LogP contribution in [0.3, 0.4) is 0 Å². The van der Waals surface area contributed by atoms with Crippen LogP contribution < -0.4 is 11.1 Å². The van der Waals surface area contributed by atoms with E-state index in [1.54, 1.807) is 0 Å². The molecule has 1 rings (SSSR count). The van der Waals surface area contributed by atoms with Crippen LogP contribution in [0.4, 0.5) is 0 Å². The smallest absolute Gasteiger partial charge is 0.237 e. The summed E-state index contributed by atoms with van der Waals surface area (Å²) in [5.74, 6) is -0.240. The lowest BCUT2D eigenvalue weighted by Gasteiger charge is -2.30. The Morgan fingerprint density at radius 1 is 1.47 bits per heavy atom. The van der Waals surface area contributed by atoms with Crippen molar-refractivity contribution in [2.24, 2.45) is 5.73 Å². The van der Waals surface area contributed by atoms with E-state index < -0.39 is 5.54 Å². The zero-order chi connectivity index (χ0) is 14.5. The van der Waals surface area contributed by atoms with Crippen molar-refractivity contribution in [3.8, 4) is 0 Å². The molecule has 0 radical (unpaired) electrons. The zero-order valence-corrected chi connectivity index (χ0v) is 13.0. The Labute approximate surface area is 118 Å². The number of nitrogens with zero attached hydrogens (tertiary/aromatic N) is 1. The van der Waals surface area contributed by atoms with Crippen LogP contribution in [-0.4, -0.2) is 41.5 Å². The molecule has 1 fully saturated rings. The topological polar surface area (TPSA) is 58.4 Å². The molecule has 112 valence electrons. The van der Waals surface area contributed by atoms with Gasteiger partial charge in [-0.2, -0.15) is 0 Å². The number of nitrogens with one attached hydrogen (secondary N) is 1. The van der Waals surface area contributed by atoms with E-state index >= 15 is 0 Å². The standard InChI is InChI=1S/C15H31N3O/c1-12(2)17-15(4,14(16)19)9-5-6-10-18-11-7-8-13(18)3/h12-13,17H,5-11H2,1-4H3,(H2,16,19). The van der Waals surface area contributed by atoms with E-state index in [1.165, 1.54) is 19.4 Å². The predicted octanol–water partition coefficient (Wildman–Crippen LogP) is 1.88. The summed E-state index contributed by atoms with van der Waals surface area (Å²) in [7, 11) is 0. The van der Waals surface area contributed by atoms with E-state index in [0.29, 0.717) is 0 Å². The van der Waals surface area contributed by atoms with Gasteiger partial charge in [0.25, 0.3) is 0 Å². The quantitative estimate of drug-likeness (QED) is 0.662. The van der Waals surface area contributed by atoms with Crippen molar-refractivity contribution < 1.29 is 4.79 Å². The average Bonchev–Trinajstić information content (AvgIpc) is 2.69. The van der Waals surface area contributed by atoms with E-state index in [-0.39, 0.29) is 11.9 Å². The van der Waals surface area contributed by atoms with Gasteiger partial charge in [-0.25, -0.2) is 0 Å². The molecular formula is C15H31N3O. The van der Waals surface area contributed by atoms with Crippen LogP contribution in [-0.2, 0) is 4.79 Å². The van der Waals surface area contributed by atoms with Crippen LogP contribution in [0.15, 0.2) is 0 Å².